The van der Waals surface area contributed by atoms with Crippen molar-refractivity contribution >= 4 is 46.2 Å². The molecule has 0 atom stereocenters. The summed E-state index contributed by atoms with van der Waals surface area (Å²) in [4.78, 5) is 24.4. The minimum absolute atomic E-state index is 0.238. The van der Waals surface area contributed by atoms with Gasteiger partial charge in [0.1, 0.15) is 0 Å². The van der Waals surface area contributed by atoms with Gasteiger partial charge in [-0.05, 0) is 42.4 Å². The van der Waals surface area contributed by atoms with E-state index in [0.29, 0.717) is 16.9 Å². The topological polar surface area (TPSA) is 89.9 Å². The predicted octanol–water partition coefficient (Wildman–Crippen LogP) is 2.52. The van der Waals surface area contributed by atoms with Crippen LogP contribution in [0, 0.1) is 0 Å². The SMILES string of the molecule is CCCCC(=O)NN1C(=O)/C(=C\c2ccc(O)c(O)c2)SC1=S. The maximum absolute atomic E-state index is 12.3. The molecule has 1 aromatic rings. The molecule has 2 rings (SSSR count). The fourth-order valence-electron chi connectivity index (χ4n) is 1.86. The average molecular weight is 352 g/mol. The summed E-state index contributed by atoms with van der Waals surface area (Å²) in [6.07, 6.45) is 3.49. The van der Waals surface area contributed by atoms with Crippen LogP contribution >= 0.6 is 24.0 Å². The van der Waals surface area contributed by atoms with Crippen molar-refractivity contribution in [1.29, 1.82) is 0 Å². The number of hydrogen-bond acceptors (Lipinski definition) is 6. The van der Waals surface area contributed by atoms with Crippen LogP contribution in [0.5, 0.6) is 11.5 Å². The summed E-state index contributed by atoms with van der Waals surface area (Å²) in [5.74, 6) is -1.19. The van der Waals surface area contributed by atoms with Gasteiger partial charge in [-0.15, -0.1) is 0 Å². The fourth-order valence-corrected chi connectivity index (χ4v) is 3.04. The zero-order valence-electron chi connectivity index (χ0n) is 12.4. The molecule has 122 valence electrons. The molecule has 1 aliphatic rings. The standard InChI is InChI=1S/C15H16N2O4S2/c1-2-3-4-13(20)16-17-14(21)12(23-15(17)22)8-9-5-6-10(18)11(19)7-9/h5-8,18-19H,2-4H2,1H3,(H,16,20)/b12-8+. The highest BCUT2D eigenvalue weighted by molar-refractivity contribution is 8.26. The van der Waals surface area contributed by atoms with Crippen molar-refractivity contribution in [3.05, 3.63) is 28.7 Å². The summed E-state index contributed by atoms with van der Waals surface area (Å²) in [7, 11) is 0. The number of unbranched alkanes of at least 4 members (excludes halogenated alkanes) is 1. The zero-order chi connectivity index (χ0) is 17.0. The molecule has 1 heterocycles. The third kappa shape index (κ3) is 4.23. The molecule has 6 nitrogen and oxygen atoms in total. The van der Waals surface area contributed by atoms with Crippen molar-refractivity contribution in [1.82, 2.24) is 10.4 Å². The molecular weight excluding hydrogens is 336 g/mol. The van der Waals surface area contributed by atoms with Crippen LogP contribution in [-0.4, -0.2) is 31.4 Å². The first-order valence-corrected chi connectivity index (χ1v) is 8.24. The molecule has 0 spiro atoms. The van der Waals surface area contributed by atoms with Gasteiger partial charge < -0.3 is 10.2 Å². The predicted molar refractivity (Wildman–Crippen MR) is 92.5 cm³/mol. The Morgan fingerprint density at radius 1 is 1.39 bits per heavy atom. The van der Waals surface area contributed by atoms with Crippen molar-refractivity contribution in [2.24, 2.45) is 0 Å². The average Bonchev–Trinajstić information content (AvgIpc) is 2.76. The highest BCUT2D eigenvalue weighted by Crippen LogP contribution is 2.33. The van der Waals surface area contributed by atoms with Crippen molar-refractivity contribution in [2.75, 3.05) is 0 Å². The van der Waals surface area contributed by atoms with Gasteiger partial charge in [-0.2, -0.15) is 5.01 Å². The summed E-state index contributed by atoms with van der Waals surface area (Å²) in [6.45, 7) is 1.97. The van der Waals surface area contributed by atoms with Gasteiger partial charge in [-0.25, -0.2) is 0 Å². The van der Waals surface area contributed by atoms with Crippen LogP contribution in [0.1, 0.15) is 31.7 Å². The van der Waals surface area contributed by atoms with Crippen LogP contribution in [0.4, 0.5) is 0 Å². The van der Waals surface area contributed by atoms with Gasteiger partial charge in [0.15, 0.2) is 15.8 Å². The molecule has 1 fully saturated rings. The van der Waals surface area contributed by atoms with Gasteiger partial charge in [0.25, 0.3) is 5.91 Å². The number of rotatable bonds is 5. The first-order valence-electron chi connectivity index (χ1n) is 7.01. The Kier molecular flexibility index (Phi) is 5.62. The molecule has 1 aliphatic heterocycles. The molecule has 0 aliphatic carbocycles. The van der Waals surface area contributed by atoms with E-state index in [1.54, 1.807) is 6.07 Å². The number of phenols is 2. The number of phenolic OH excluding ortho intramolecular Hbond substituents is 2. The largest absolute Gasteiger partial charge is 0.504 e. The van der Waals surface area contributed by atoms with E-state index in [2.05, 4.69) is 5.43 Å². The number of carbonyl (C=O) groups is 2. The van der Waals surface area contributed by atoms with E-state index in [4.69, 9.17) is 12.2 Å². The van der Waals surface area contributed by atoms with E-state index in [-0.39, 0.29) is 21.7 Å². The Bertz CT molecular complexity index is 688. The molecule has 0 bridgehead atoms. The number of hydrogen-bond donors (Lipinski definition) is 3. The van der Waals surface area contributed by atoms with E-state index in [0.717, 1.165) is 29.6 Å². The number of thioether (sulfide) groups is 1. The summed E-state index contributed by atoms with van der Waals surface area (Å²) in [5.41, 5.74) is 3.04. The van der Waals surface area contributed by atoms with Crippen LogP contribution in [-0.2, 0) is 9.59 Å². The summed E-state index contributed by atoms with van der Waals surface area (Å²) in [6, 6.07) is 4.22. The van der Waals surface area contributed by atoms with Gasteiger partial charge in [-0.1, -0.05) is 31.2 Å². The number of benzene rings is 1. The fraction of sp³-hybridized carbons (Fsp3) is 0.267. The number of aromatic hydroxyl groups is 2. The summed E-state index contributed by atoms with van der Waals surface area (Å²) in [5, 5.41) is 19.8. The Hall–Kier alpha value is -2.06. The minimum Gasteiger partial charge on any atom is -0.504 e. The highest BCUT2D eigenvalue weighted by Gasteiger charge is 2.33. The third-order valence-electron chi connectivity index (χ3n) is 3.08. The molecule has 1 aromatic carbocycles. The normalized spacial score (nSPS) is 16.2. The quantitative estimate of drug-likeness (QED) is 0.429. The molecular formula is C15H16N2O4S2. The number of nitrogens with zero attached hydrogens (tertiary/aromatic N) is 1. The number of thiocarbonyl (C=S) groups is 1. The monoisotopic (exact) mass is 352 g/mol. The lowest BCUT2D eigenvalue weighted by Gasteiger charge is -2.15. The molecule has 23 heavy (non-hydrogen) atoms. The van der Waals surface area contributed by atoms with Crippen molar-refractivity contribution in [3.63, 3.8) is 0 Å². The number of carbonyl (C=O) groups excluding carboxylic acids is 2. The number of nitrogens with one attached hydrogen (secondary N) is 1. The zero-order valence-corrected chi connectivity index (χ0v) is 14.0. The second-order valence-corrected chi connectivity index (χ2v) is 6.58. The van der Waals surface area contributed by atoms with E-state index >= 15 is 0 Å². The molecule has 2 amide bonds. The second kappa shape index (κ2) is 7.47. The van der Waals surface area contributed by atoms with Crippen LogP contribution in [0.2, 0.25) is 0 Å². The minimum atomic E-state index is -0.419. The Morgan fingerprint density at radius 2 is 2.13 bits per heavy atom. The Morgan fingerprint density at radius 3 is 2.78 bits per heavy atom. The molecule has 8 heteroatoms. The summed E-state index contributed by atoms with van der Waals surface area (Å²) < 4.78 is 0.245. The Labute approximate surface area is 143 Å². The molecule has 0 radical (unpaired) electrons. The van der Waals surface area contributed by atoms with Crippen LogP contribution in [0.25, 0.3) is 6.08 Å². The molecule has 3 N–H and O–H groups in total. The lowest BCUT2D eigenvalue weighted by Crippen LogP contribution is -2.44. The molecule has 1 saturated heterocycles. The van der Waals surface area contributed by atoms with Gasteiger partial charge in [0.05, 0.1) is 4.91 Å². The van der Waals surface area contributed by atoms with Crippen LogP contribution in [0.15, 0.2) is 23.1 Å². The maximum Gasteiger partial charge on any atom is 0.285 e. The van der Waals surface area contributed by atoms with E-state index in [9.17, 15) is 19.8 Å². The highest BCUT2D eigenvalue weighted by atomic mass is 32.2. The van der Waals surface area contributed by atoms with Crippen LogP contribution in [0.3, 0.4) is 0 Å². The second-order valence-electron chi connectivity index (χ2n) is 4.90. The lowest BCUT2D eigenvalue weighted by atomic mass is 10.2. The van der Waals surface area contributed by atoms with E-state index < -0.39 is 5.91 Å². The number of amides is 2. The van der Waals surface area contributed by atoms with Gasteiger partial charge in [-0.3, -0.25) is 15.0 Å². The van der Waals surface area contributed by atoms with Gasteiger partial charge >= 0.3 is 0 Å². The maximum atomic E-state index is 12.3. The smallest absolute Gasteiger partial charge is 0.285 e. The third-order valence-corrected chi connectivity index (χ3v) is 4.39. The van der Waals surface area contributed by atoms with Crippen molar-refractivity contribution in [3.8, 4) is 11.5 Å². The molecule has 0 aromatic heterocycles. The molecule has 0 unspecified atom stereocenters. The number of hydrazine groups is 1. The van der Waals surface area contributed by atoms with E-state index in [1.165, 1.54) is 18.2 Å². The lowest BCUT2D eigenvalue weighted by molar-refractivity contribution is -0.133. The van der Waals surface area contributed by atoms with Crippen molar-refractivity contribution < 1.29 is 19.8 Å². The summed E-state index contributed by atoms with van der Waals surface area (Å²) >= 11 is 6.17. The van der Waals surface area contributed by atoms with Crippen LogP contribution < -0.4 is 5.43 Å². The van der Waals surface area contributed by atoms with Crippen molar-refractivity contribution in [2.45, 2.75) is 26.2 Å². The molecule has 0 saturated carbocycles. The van der Waals surface area contributed by atoms with E-state index in [1.807, 2.05) is 6.92 Å². The van der Waals surface area contributed by atoms with Gasteiger partial charge in [0, 0.05) is 6.42 Å². The first kappa shape index (κ1) is 17.3. The Balaban J connectivity index is 2.12. The first-order chi connectivity index (χ1) is 10.9. The van der Waals surface area contributed by atoms with Gasteiger partial charge in [0.2, 0.25) is 5.91 Å².